The Labute approximate surface area is 371 Å². The molecule has 1 aliphatic rings. The van der Waals surface area contributed by atoms with Gasteiger partial charge in [-0.25, -0.2) is 0 Å². The summed E-state index contributed by atoms with van der Waals surface area (Å²) in [6.07, 6.45) is 0. The maximum atomic E-state index is 6.53. The minimum absolute atomic E-state index is 0.533. The smallest absolute Gasteiger partial charge is 0.137 e. The van der Waals surface area contributed by atoms with E-state index in [1.807, 2.05) is 6.07 Å². The lowest BCUT2D eigenvalue weighted by atomic mass is 9.67. The second-order valence-electron chi connectivity index (χ2n) is 16.8. The van der Waals surface area contributed by atoms with Gasteiger partial charge in [0.2, 0.25) is 0 Å². The van der Waals surface area contributed by atoms with Crippen LogP contribution in [-0.2, 0) is 5.41 Å². The third-order valence-corrected chi connectivity index (χ3v) is 13.5. The molecule has 0 bridgehead atoms. The van der Waals surface area contributed by atoms with E-state index in [1.54, 1.807) is 0 Å². The zero-order valence-electron chi connectivity index (χ0n) is 34.9. The fraction of sp³-hybridized carbons (Fsp3) is 0.0164. The van der Waals surface area contributed by atoms with Crippen LogP contribution in [0.5, 0.6) is 0 Å². The van der Waals surface area contributed by atoms with Crippen LogP contribution in [-0.4, -0.2) is 4.57 Å². The maximum absolute atomic E-state index is 6.53. The highest BCUT2D eigenvalue weighted by molar-refractivity contribution is 6.14. The number of para-hydroxylation sites is 3. The zero-order valence-corrected chi connectivity index (χ0v) is 34.9. The van der Waals surface area contributed by atoms with Crippen molar-refractivity contribution in [1.29, 1.82) is 0 Å². The molecule has 3 nitrogen and oxygen atoms in total. The summed E-state index contributed by atoms with van der Waals surface area (Å²) in [5, 5.41) is 4.67. The number of nitrogens with zero attached hydrogens (tertiary/aromatic N) is 2. The van der Waals surface area contributed by atoms with Gasteiger partial charge in [-0.2, -0.15) is 0 Å². The van der Waals surface area contributed by atoms with Gasteiger partial charge in [0.25, 0.3) is 0 Å². The molecule has 0 spiro atoms. The Kier molecular flexibility index (Phi) is 8.13. The lowest BCUT2D eigenvalue weighted by Gasteiger charge is -2.35. The summed E-state index contributed by atoms with van der Waals surface area (Å²) in [6, 6.07) is 88.3. The zero-order chi connectivity index (χ0) is 42.2. The van der Waals surface area contributed by atoms with Crippen molar-refractivity contribution in [2.24, 2.45) is 0 Å². The third-order valence-electron chi connectivity index (χ3n) is 13.5. The second-order valence-corrected chi connectivity index (χ2v) is 16.8. The first-order valence-corrected chi connectivity index (χ1v) is 22.0. The number of furan rings is 1. The number of aromatic nitrogens is 1. The monoisotopic (exact) mass is 816 g/mol. The highest BCUT2D eigenvalue weighted by Gasteiger charge is 2.46. The van der Waals surface area contributed by atoms with Crippen molar-refractivity contribution in [3.63, 3.8) is 0 Å². The lowest BCUT2D eigenvalue weighted by molar-refractivity contribution is 0.669. The highest BCUT2D eigenvalue weighted by Crippen LogP contribution is 2.57. The van der Waals surface area contributed by atoms with E-state index >= 15 is 0 Å². The number of benzene rings is 10. The van der Waals surface area contributed by atoms with Gasteiger partial charge >= 0.3 is 0 Å². The van der Waals surface area contributed by atoms with Crippen LogP contribution in [0, 0.1) is 0 Å². The summed E-state index contributed by atoms with van der Waals surface area (Å²) in [5.41, 5.74) is 17.8. The topological polar surface area (TPSA) is 21.3 Å². The van der Waals surface area contributed by atoms with Gasteiger partial charge in [0.15, 0.2) is 0 Å². The summed E-state index contributed by atoms with van der Waals surface area (Å²) in [5.74, 6) is 0. The molecule has 64 heavy (non-hydrogen) atoms. The molecule has 0 atom stereocenters. The fourth-order valence-corrected chi connectivity index (χ4v) is 10.7. The largest absolute Gasteiger partial charge is 0.456 e. The van der Waals surface area contributed by atoms with E-state index in [0.29, 0.717) is 0 Å². The minimum atomic E-state index is -0.533. The minimum Gasteiger partial charge on any atom is -0.456 e. The van der Waals surface area contributed by atoms with Crippen LogP contribution in [0.1, 0.15) is 22.3 Å². The Morgan fingerprint density at radius 3 is 1.75 bits per heavy atom. The molecule has 0 fully saturated rings. The van der Waals surface area contributed by atoms with E-state index in [0.717, 1.165) is 50.3 Å². The van der Waals surface area contributed by atoms with Crippen molar-refractivity contribution in [3.8, 4) is 27.9 Å². The van der Waals surface area contributed by atoms with E-state index in [-0.39, 0.29) is 0 Å². The molecule has 0 unspecified atom stereocenters. The van der Waals surface area contributed by atoms with Crippen molar-refractivity contribution in [2.75, 3.05) is 4.90 Å². The first-order chi connectivity index (χ1) is 31.8. The van der Waals surface area contributed by atoms with Crippen LogP contribution >= 0.6 is 0 Å². The Bertz CT molecular complexity index is 3680. The first kappa shape index (κ1) is 36.3. The van der Waals surface area contributed by atoms with Crippen LogP contribution < -0.4 is 4.90 Å². The molecule has 0 N–H and O–H groups in total. The molecular formula is C61H40N2O. The molecule has 1 aliphatic carbocycles. The molecule has 12 aromatic rings. The van der Waals surface area contributed by atoms with E-state index < -0.39 is 5.41 Å². The predicted molar refractivity (Wildman–Crippen MR) is 265 cm³/mol. The van der Waals surface area contributed by atoms with Gasteiger partial charge in [0.05, 0.1) is 27.5 Å². The molecule has 0 saturated heterocycles. The summed E-state index contributed by atoms with van der Waals surface area (Å²) < 4.78 is 8.91. The van der Waals surface area contributed by atoms with Crippen molar-refractivity contribution in [1.82, 2.24) is 4.57 Å². The van der Waals surface area contributed by atoms with Gasteiger partial charge in [0, 0.05) is 33.2 Å². The molecule has 10 aromatic carbocycles. The van der Waals surface area contributed by atoms with E-state index in [4.69, 9.17) is 4.42 Å². The van der Waals surface area contributed by atoms with Crippen molar-refractivity contribution >= 4 is 60.8 Å². The maximum Gasteiger partial charge on any atom is 0.137 e. The van der Waals surface area contributed by atoms with E-state index in [1.165, 1.54) is 60.8 Å². The van der Waals surface area contributed by atoms with Crippen LogP contribution in [0.4, 0.5) is 17.1 Å². The number of hydrogen-bond acceptors (Lipinski definition) is 2. The van der Waals surface area contributed by atoms with Gasteiger partial charge in [-0.15, -0.1) is 0 Å². The Hall–Kier alpha value is -8.40. The standard InChI is InChI=1S/C61H40N2O/c1-4-17-43(18-5-1)61(44-19-6-2-7-20-44)53-26-13-10-23-48(53)49-38-36-47(40-54(49)61)62(56-28-16-30-59-60(56)52-25-12-15-29-58(52)64-59)46-34-31-41(32-35-46)42-33-37-51-50-24-11-14-27-55(50)63(57(51)39-42)45-21-8-3-9-22-45/h1-40H. The van der Waals surface area contributed by atoms with Gasteiger partial charge in [-0.1, -0.05) is 176 Å². The van der Waals surface area contributed by atoms with E-state index in [2.05, 4.69) is 246 Å². The summed E-state index contributed by atoms with van der Waals surface area (Å²) >= 11 is 0. The summed E-state index contributed by atoms with van der Waals surface area (Å²) in [7, 11) is 0. The van der Waals surface area contributed by atoms with Crippen LogP contribution in [0.25, 0.3) is 71.7 Å². The van der Waals surface area contributed by atoms with Crippen molar-refractivity contribution in [2.45, 2.75) is 5.41 Å². The Balaban J connectivity index is 1.02. The molecule has 0 amide bonds. The average Bonchev–Trinajstić information content (AvgIpc) is 4.01. The predicted octanol–water partition coefficient (Wildman–Crippen LogP) is 16.2. The summed E-state index contributed by atoms with van der Waals surface area (Å²) in [6.45, 7) is 0. The SMILES string of the molecule is c1ccc(-n2c3ccccc3c3ccc(-c4ccc(N(c5ccc6c(c5)C(c5ccccc5)(c5ccccc5)c5ccccc5-6)c5cccc6oc7ccccc7c56)cc4)cc32)cc1. The molecule has 2 aromatic heterocycles. The fourth-order valence-electron chi connectivity index (χ4n) is 10.7. The molecule has 300 valence electrons. The van der Waals surface area contributed by atoms with Gasteiger partial charge in [0.1, 0.15) is 11.2 Å². The van der Waals surface area contributed by atoms with Gasteiger partial charge in [-0.3, -0.25) is 0 Å². The second kappa shape index (κ2) is 14.3. The van der Waals surface area contributed by atoms with Crippen molar-refractivity contribution < 1.29 is 4.42 Å². The van der Waals surface area contributed by atoms with Crippen LogP contribution in [0.3, 0.4) is 0 Å². The molecular weight excluding hydrogens is 777 g/mol. The van der Waals surface area contributed by atoms with E-state index in [9.17, 15) is 0 Å². The number of rotatable bonds is 7. The molecule has 2 heterocycles. The average molecular weight is 817 g/mol. The van der Waals surface area contributed by atoms with Crippen LogP contribution in [0.2, 0.25) is 0 Å². The molecule has 0 radical (unpaired) electrons. The van der Waals surface area contributed by atoms with Gasteiger partial charge in [-0.05, 0) is 111 Å². The summed E-state index contributed by atoms with van der Waals surface area (Å²) in [4.78, 5) is 2.43. The molecule has 0 saturated carbocycles. The van der Waals surface area contributed by atoms with Gasteiger partial charge < -0.3 is 13.9 Å². The van der Waals surface area contributed by atoms with Crippen molar-refractivity contribution in [3.05, 3.63) is 265 Å². The third kappa shape index (κ3) is 5.34. The highest BCUT2D eigenvalue weighted by atomic mass is 16.3. The number of hydrogen-bond donors (Lipinski definition) is 0. The van der Waals surface area contributed by atoms with Crippen LogP contribution in [0.15, 0.2) is 247 Å². The quantitative estimate of drug-likeness (QED) is 0.160. The normalized spacial score (nSPS) is 12.8. The number of anilines is 3. The molecule has 3 heteroatoms. The Morgan fingerprint density at radius 1 is 0.375 bits per heavy atom. The first-order valence-electron chi connectivity index (χ1n) is 22.0. The number of fused-ring (bicyclic) bond motifs is 9. The lowest BCUT2D eigenvalue weighted by Crippen LogP contribution is -2.28. The Morgan fingerprint density at radius 2 is 0.969 bits per heavy atom. The molecule has 13 rings (SSSR count). The molecule has 0 aliphatic heterocycles.